The van der Waals surface area contributed by atoms with E-state index < -0.39 is 14.7 Å². The summed E-state index contributed by atoms with van der Waals surface area (Å²) in [6, 6.07) is 12.8. The molecule has 1 aromatic carbocycles. The van der Waals surface area contributed by atoms with E-state index in [4.69, 9.17) is 4.42 Å². The lowest BCUT2D eigenvalue weighted by molar-refractivity contribution is 0.0923. The monoisotopic (exact) mass is 431 g/mol. The highest BCUT2D eigenvalue weighted by Gasteiger charge is 2.24. The van der Waals surface area contributed by atoms with E-state index in [9.17, 15) is 18.5 Å². The highest BCUT2D eigenvalue weighted by Crippen LogP contribution is 2.19. The smallest absolute Gasteiger partial charge is 0.287 e. The van der Waals surface area contributed by atoms with Crippen LogP contribution in [0.5, 0.6) is 0 Å². The number of furan rings is 1. The second kappa shape index (κ2) is 10.5. The number of amides is 1. The number of carbonyl (C=O) groups excluding carboxylic acids is 1. The van der Waals surface area contributed by atoms with Gasteiger partial charge in [-0.3, -0.25) is 4.79 Å². The molecule has 0 aliphatic carbocycles. The average Bonchev–Trinajstić information content (AvgIpc) is 3.18. The molecule has 2 aromatic rings. The van der Waals surface area contributed by atoms with Gasteiger partial charge in [0.1, 0.15) is 17.7 Å². The fourth-order valence-electron chi connectivity index (χ4n) is 2.60. The number of nitrogens with zero attached hydrogens (tertiary/aromatic N) is 2. The SMILES string of the molecule is CNC(NCCNC(=O)c1ccc(CN(C)C)o1)=C(C#N)S(=O)(=O)c1ccccc1. The first-order valence-corrected chi connectivity index (χ1v) is 10.7. The molecule has 1 heterocycles. The summed E-state index contributed by atoms with van der Waals surface area (Å²) in [5.41, 5.74) is 0. The quantitative estimate of drug-likeness (QED) is 0.376. The second-order valence-corrected chi connectivity index (χ2v) is 8.46. The van der Waals surface area contributed by atoms with Gasteiger partial charge in [-0.25, -0.2) is 8.42 Å². The Morgan fingerprint density at radius 3 is 2.37 bits per heavy atom. The van der Waals surface area contributed by atoms with Crippen molar-refractivity contribution in [1.82, 2.24) is 20.9 Å². The fraction of sp³-hybridized carbons (Fsp3) is 0.300. The van der Waals surface area contributed by atoms with Crippen LogP contribution in [0.15, 0.2) is 62.5 Å². The number of sulfone groups is 1. The molecule has 160 valence electrons. The van der Waals surface area contributed by atoms with Gasteiger partial charge >= 0.3 is 0 Å². The van der Waals surface area contributed by atoms with E-state index in [0.717, 1.165) is 0 Å². The van der Waals surface area contributed by atoms with E-state index >= 15 is 0 Å². The minimum absolute atomic E-state index is 0.0238. The predicted octanol–water partition coefficient (Wildman–Crippen LogP) is 1.05. The van der Waals surface area contributed by atoms with Gasteiger partial charge in [0.2, 0.25) is 9.84 Å². The number of benzene rings is 1. The zero-order valence-electron chi connectivity index (χ0n) is 17.1. The third-order valence-electron chi connectivity index (χ3n) is 3.97. The van der Waals surface area contributed by atoms with Crippen LogP contribution in [-0.4, -0.2) is 53.5 Å². The average molecular weight is 432 g/mol. The van der Waals surface area contributed by atoms with Crippen LogP contribution >= 0.6 is 0 Å². The summed E-state index contributed by atoms with van der Waals surface area (Å²) in [6.07, 6.45) is 0. The van der Waals surface area contributed by atoms with Crippen molar-refractivity contribution in [3.8, 4) is 6.07 Å². The Labute approximate surface area is 176 Å². The standard InChI is InChI=1S/C20H25N5O4S/c1-22-19(18(13-21)30(27,28)16-7-5-4-6-8-16)23-11-12-24-20(26)17-10-9-15(29-17)14-25(2)3/h4-10,22-23H,11-12,14H2,1-3H3,(H,24,26). The maximum absolute atomic E-state index is 12.7. The molecule has 0 saturated carbocycles. The molecule has 0 saturated heterocycles. The number of carbonyl (C=O) groups is 1. The van der Waals surface area contributed by atoms with Crippen molar-refractivity contribution in [3.05, 3.63) is 64.7 Å². The highest BCUT2D eigenvalue weighted by molar-refractivity contribution is 7.95. The zero-order valence-corrected chi connectivity index (χ0v) is 17.9. The molecule has 10 heteroatoms. The Balaban J connectivity index is 2.00. The van der Waals surface area contributed by atoms with Crippen molar-refractivity contribution in [2.24, 2.45) is 0 Å². The Morgan fingerprint density at radius 2 is 1.77 bits per heavy atom. The summed E-state index contributed by atoms with van der Waals surface area (Å²) in [5, 5.41) is 17.7. The van der Waals surface area contributed by atoms with Crippen LogP contribution in [0.3, 0.4) is 0 Å². The largest absolute Gasteiger partial charge is 0.455 e. The topological polar surface area (TPSA) is 127 Å². The zero-order chi connectivity index (χ0) is 22.1. The van der Waals surface area contributed by atoms with Gasteiger partial charge in [-0.2, -0.15) is 5.26 Å². The Bertz CT molecular complexity index is 1040. The Kier molecular flexibility index (Phi) is 8.03. The molecule has 0 fully saturated rings. The first-order valence-electron chi connectivity index (χ1n) is 9.17. The molecule has 1 aromatic heterocycles. The highest BCUT2D eigenvalue weighted by atomic mass is 32.2. The van der Waals surface area contributed by atoms with Crippen LogP contribution in [0.2, 0.25) is 0 Å². The van der Waals surface area contributed by atoms with E-state index in [-0.39, 0.29) is 35.5 Å². The summed E-state index contributed by atoms with van der Waals surface area (Å²) in [4.78, 5) is 13.7. The lowest BCUT2D eigenvalue weighted by Crippen LogP contribution is -2.35. The normalized spacial score (nSPS) is 12.1. The van der Waals surface area contributed by atoms with Crippen LogP contribution in [0.4, 0.5) is 0 Å². The maximum atomic E-state index is 12.7. The van der Waals surface area contributed by atoms with Gasteiger partial charge in [-0.05, 0) is 38.4 Å². The minimum atomic E-state index is -3.98. The van der Waals surface area contributed by atoms with E-state index in [1.54, 1.807) is 36.4 Å². The number of hydrogen-bond donors (Lipinski definition) is 3. The molecule has 0 atom stereocenters. The fourth-order valence-corrected chi connectivity index (χ4v) is 3.91. The van der Waals surface area contributed by atoms with Crippen LogP contribution < -0.4 is 16.0 Å². The van der Waals surface area contributed by atoms with Crippen LogP contribution in [0, 0.1) is 11.3 Å². The van der Waals surface area contributed by atoms with Crippen molar-refractivity contribution < 1.29 is 17.6 Å². The van der Waals surface area contributed by atoms with Crippen LogP contribution in [0.25, 0.3) is 0 Å². The van der Waals surface area contributed by atoms with Crippen LogP contribution in [-0.2, 0) is 16.4 Å². The molecule has 0 bridgehead atoms. The van der Waals surface area contributed by atoms with Crippen molar-refractivity contribution in [2.45, 2.75) is 11.4 Å². The number of rotatable bonds is 10. The molecule has 0 unspecified atom stereocenters. The van der Waals surface area contributed by atoms with Gasteiger partial charge < -0.3 is 25.3 Å². The molecule has 3 N–H and O–H groups in total. The predicted molar refractivity (Wildman–Crippen MR) is 112 cm³/mol. The molecule has 9 nitrogen and oxygen atoms in total. The van der Waals surface area contributed by atoms with Gasteiger partial charge in [-0.1, -0.05) is 18.2 Å². The molecule has 30 heavy (non-hydrogen) atoms. The molecular formula is C20H25N5O4S. The summed E-state index contributed by atoms with van der Waals surface area (Å²) in [6.45, 7) is 0.971. The second-order valence-electron chi connectivity index (χ2n) is 6.57. The van der Waals surface area contributed by atoms with Gasteiger partial charge in [0, 0.05) is 20.1 Å². The summed E-state index contributed by atoms with van der Waals surface area (Å²) < 4.78 is 30.9. The lowest BCUT2D eigenvalue weighted by Gasteiger charge is -2.13. The molecular weight excluding hydrogens is 406 g/mol. The number of nitriles is 1. The number of allylic oxidation sites excluding steroid dienone is 1. The molecule has 1 amide bonds. The minimum Gasteiger partial charge on any atom is -0.455 e. The molecule has 2 rings (SSSR count). The maximum Gasteiger partial charge on any atom is 0.287 e. The first kappa shape index (κ1) is 23.0. The number of nitrogens with one attached hydrogen (secondary N) is 3. The van der Waals surface area contributed by atoms with E-state index in [0.29, 0.717) is 12.3 Å². The van der Waals surface area contributed by atoms with Crippen LogP contribution in [0.1, 0.15) is 16.3 Å². The van der Waals surface area contributed by atoms with Gasteiger partial charge in [-0.15, -0.1) is 0 Å². The summed E-state index contributed by atoms with van der Waals surface area (Å²) in [5.74, 6) is 0.546. The molecule has 0 aliphatic heterocycles. The Morgan fingerprint density at radius 1 is 1.10 bits per heavy atom. The molecule has 0 spiro atoms. The third kappa shape index (κ3) is 5.85. The number of hydrogen-bond acceptors (Lipinski definition) is 8. The first-order chi connectivity index (χ1) is 14.3. The van der Waals surface area contributed by atoms with Crippen molar-refractivity contribution >= 4 is 15.7 Å². The van der Waals surface area contributed by atoms with Crippen molar-refractivity contribution in [2.75, 3.05) is 34.2 Å². The van der Waals surface area contributed by atoms with Crippen molar-refractivity contribution in [1.29, 1.82) is 5.26 Å². The van der Waals surface area contributed by atoms with Gasteiger partial charge in [0.15, 0.2) is 10.7 Å². The Hall–Kier alpha value is -3.29. The molecule has 0 radical (unpaired) electrons. The van der Waals surface area contributed by atoms with E-state index in [2.05, 4.69) is 16.0 Å². The lowest BCUT2D eigenvalue weighted by atomic mass is 10.4. The van der Waals surface area contributed by atoms with Crippen molar-refractivity contribution in [3.63, 3.8) is 0 Å². The third-order valence-corrected chi connectivity index (χ3v) is 5.70. The van der Waals surface area contributed by atoms with E-state index in [1.807, 2.05) is 19.0 Å². The van der Waals surface area contributed by atoms with Gasteiger partial charge in [0.25, 0.3) is 5.91 Å². The molecule has 0 aliphatic rings. The van der Waals surface area contributed by atoms with Gasteiger partial charge in [0.05, 0.1) is 11.4 Å². The van der Waals surface area contributed by atoms with E-state index in [1.165, 1.54) is 19.2 Å². The summed E-state index contributed by atoms with van der Waals surface area (Å²) >= 11 is 0. The summed E-state index contributed by atoms with van der Waals surface area (Å²) in [7, 11) is 1.32.